The second-order valence-electron chi connectivity index (χ2n) is 8.62. The average molecular weight is 520 g/mol. The number of anilines is 2. The number of pyridine rings is 1. The van der Waals surface area contributed by atoms with Gasteiger partial charge >= 0.3 is 0 Å². The molecule has 1 aromatic carbocycles. The summed E-state index contributed by atoms with van der Waals surface area (Å²) >= 11 is 0. The third kappa shape index (κ3) is 6.48. The highest BCUT2D eigenvalue weighted by atomic mass is 32.2. The third-order valence-electron chi connectivity index (χ3n) is 6.10. The van der Waals surface area contributed by atoms with E-state index in [1.165, 1.54) is 16.7 Å². The lowest BCUT2D eigenvalue weighted by Gasteiger charge is -2.34. The van der Waals surface area contributed by atoms with Crippen molar-refractivity contribution in [1.82, 2.24) is 24.2 Å². The molecule has 0 atom stereocenters. The van der Waals surface area contributed by atoms with Crippen LogP contribution in [0.5, 0.6) is 0 Å². The Balaban J connectivity index is 1.42. The number of terminal acetylenes is 1. The van der Waals surface area contributed by atoms with Crippen molar-refractivity contribution in [2.75, 3.05) is 43.8 Å². The van der Waals surface area contributed by atoms with Crippen molar-refractivity contribution in [1.29, 1.82) is 0 Å². The third-order valence-corrected chi connectivity index (χ3v) is 8.01. The predicted molar refractivity (Wildman–Crippen MR) is 142 cm³/mol. The Morgan fingerprint density at radius 3 is 2.51 bits per heavy atom. The van der Waals surface area contributed by atoms with E-state index in [4.69, 9.17) is 12.2 Å². The van der Waals surface area contributed by atoms with E-state index in [-0.39, 0.29) is 16.4 Å². The Morgan fingerprint density at radius 1 is 1.08 bits per heavy atom. The van der Waals surface area contributed by atoms with E-state index in [1.54, 1.807) is 42.6 Å². The van der Waals surface area contributed by atoms with E-state index in [2.05, 4.69) is 31.1 Å². The van der Waals surface area contributed by atoms with Gasteiger partial charge in [-0.15, -0.1) is 12.3 Å². The summed E-state index contributed by atoms with van der Waals surface area (Å²) < 4.78 is 27.9. The summed E-state index contributed by atoms with van der Waals surface area (Å²) in [5, 5.41) is 2.68. The highest BCUT2D eigenvalue weighted by molar-refractivity contribution is 7.89. The molecule has 1 saturated heterocycles. The van der Waals surface area contributed by atoms with Gasteiger partial charge in [-0.2, -0.15) is 4.31 Å². The molecule has 0 spiro atoms. The number of hydrogen-bond donors (Lipinski definition) is 2. The fourth-order valence-corrected chi connectivity index (χ4v) is 5.46. The molecule has 1 aliphatic rings. The number of amides is 1. The number of benzene rings is 1. The quantitative estimate of drug-likeness (QED) is 0.325. The van der Waals surface area contributed by atoms with E-state index in [0.29, 0.717) is 43.1 Å². The van der Waals surface area contributed by atoms with Crippen molar-refractivity contribution in [2.45, 2.75) is 24.2 Å². The standard InChI is InChI=1S/C26H29N7O3S/c1-2-3-4-5-13-32-14-16-33(17-15-32)37(35,36)22-10-8-20(9-11-22)23-19-29-25(27)24(31-23)26(34)30-21-7-6-12-28-18-21/h1,6-12,18-19H,3-5,13-17H2,(H2,27,29)(H,30,34). The van der Waals surface area contributed by atoms with Crippen molar-refractivity contribution in [3.05, 3.63) is 60.7 Å². The Hall–Kier alpha value is -3.85. The Morgan fingerprint density at radius 2 is 1.84 bits per heavy atom. The number of aromatic nitrogens is 3. The molecule has 3 aromatic rings. The summed E-state index contributed by atoms with van der Waals surface area (Å²) in [5.41, 5.74) is 7.36. The van der Waals surface area contributed by atoms with Crippen LogP contribution < -0.4 is 11.1 Å². The maximum absolute atomic E-state index is 13.2. The molecule has 11 heteroatoms. The van der Waals surface area contributed by atoms with Crippen molar-refractivity contribution >= 4 is 27.4 Å². The van der Waals surface area contributed by atoms with E-state index in [9.17, 15) is 13.2 Å². The fourth-order valence-electron chi connectivity index (χ4n) is 4.03. The molecule has 3 heterocycles. The molecular formula is C26H29N7O3S. The Kier molecular flexibility index (Phi) is 8.45. The molecule has 10 nitrogen and oxygen atoms in total. The van der Waals surface area contributed by atoms with Crippen LogP contribution in [-0.4, -0.2) is 71.2 Å². The van der Waals surface area contributed by atoms with Gasteiger partial charge in [-0.05, 0) is 43.7 Å². The van der Waals surface area contributed by atoms with E-state index in [1.807, 2.05) is 0 Å². The van der Waals surface area contributed by atoms with Gasteiger partial charge in [0.25, 0.3) is 5.91 Å². The zero-order valence-electron chi connectivity index (χ0n) is 20.4. The SMILES string of the molecule is C#CCCCCN1CCN(S(=O)(=O)c2ccc(-c3cnc(N)c(C(=O)Nc4cccnc4)n3)cc2)CC1. The largest absolute Gasteiger partial charge is 0.382 e. The number of nitrogen functional groups attached to an aromatic ring is 1. The van der Waals surface area contributed by atoms with Gasteiger partial charge in [0.1, 0.15) is 0 Å². The first-order chi connectivity index (χ1) is 17.9. The van der Waals surface area contributed by atoms with Gasteiger partial charge in [0.2, 0.25) is 10.0 Å². The lowest BCUT2D eigenvalue weighted by Crippen LogP contribution is -2.48. The summed E-state index contributed by atoms with van der Waals surface area (Å²) in [5.74, 6) is 2.11. The van der Waals surface area contributed by atoms with Crippen molar-refractivity contribution in [2.24, 2.45) is 0 Å². The second kappa shape index (κ2) is 11.9. The van der Waals surface area contributed by atoms with Crippen molar-refractivity contribution in [3.63, 3.8) is 0 Å². The second-order valence-corrected chi connectivity index (χ2v) is 10.6. The first kappa shape index (κ1) is 26.2. The summed E-state index contributed by atoms with van der Waals surface area (Å²) in [6.07, 6.45) is 12.6. The number of carbonyl (C=O) groups excluding carboxylic acids is 1. The lowest BCUT2D eigenvalue weighted by atomic mass is 10.1. The minimum atomic E-state index is -3.62. The van der Waals surface area contributed by atoms with Crippen LogP contribution in [0.25, 0.3) is 11.3 Å². The number of nitrogens with one attached hydrogen (secondary N) is 1. The molecule has 1 fully saturated rings. The molecule has 1 aliphatic heterocycles. The van der Waals surface area contributed by atoms with Gasteiger partial charge in [-0.1, -0.05) is 12.1 Å². The smallest absolute Gasteiger partial charge is 0.278 e. The molecule has 0 saturated carbocycles. The molecule has 4 rings (SSSR count). The predicted octanol–water partition coefficient (Wildman–Crippen LogP) is 2.48. The number of piperazine rings is 1. The first-order valence-corrected chi connectivity index (χ1v) is 13.4. The van der Waals surface area contributed by atoms with Crippen LogP contribution in [-0.2, 0) is 10.0 Å². The number of unbranched alkanes of at least 4 members (excludes halogenated alkanes) is 2. The number of nitrogens with two attached hydrogens (primary N) is 1. The van der Waals surface area contributed by atoms with Crippen molar-refractivity contribution in [3.8, 4) is 23.6 Å². The van der Waals surface area contributed by atoms with Gasteiger partial charge in [-0.25, -0.2) is 18.4 Å². The van der Waals surface area contributed by atoms with Gasteiger partial charge in [0.05, 0.1) is 28.7 Å². The lowest BCUT2D eigenvalue weighted by molar-refractivity contribution is 0.102. The molecule has 37 heavy (non-hydrogen) atoms. The molecule has 1 amide bonds. The van der Waals surface area contributed by atoms with Gasteiger partial charge in [-0.3, -0.25) is 9.78 Å². The molecular weight excluding hydrogens is 490 g/mol. The van der Waals surface area contributed by atoms with Crippen LogP contribution >= 0.6 is 0 Å². The summed E-state index contributed by atoms with van der Waals surface area (Å²) in [6, 6.07) is 9.78. The summed E-state index contributed by atoms with van der Waals surface area (Å²) in [4.78, 5) is 27.6. The van der Waals surface area contributed by atoms with Crippen LogP contribution in [0.2, 0.25) is 0 Å². The van der Waals surface area contributed by atoms with Crippen LogP contribution in [0.3, 0.4) is 0 Å². The molecule has 192 valence electrons. The fraction of sp³-hybridized carbons (Fsp3) is 0.308. The number of carbonyl (C=O) groups is 1. The number of hydrogen-bond acceptors (Lipinski definition) is 8. The topological polar surface area (TPSA) is 134 Å². The maximum atomic E-state index is 13.2. The highest BCUT2D eigenvalue weighted by Crippen LogP contribution is 2.24. The number of nitrogens with zero attached hydrogens (tertiary/aromatic N) is 5. The molecule has 2 aromatic heterocycles. The molecule has 0 radical (unpaired) electrons. The minimum absolute atomic E-state index is 0.0143. The monoisotopic (exact) mass is 519 g/mol. The van der Waals surface area contributed by atoms with Crippen LogP contribution in [0.15, 0.2) is 59.9 Å². The normalized spacial score (nSPS) is 14.7. The van der Waals surface area contributed by atoms with Crippen LogP contribution in [0.4, 0.5) is 11.5 Å². The Bertz CT molecular complexity index is 1370. The Labute approximate surface area is 217 Å². The number of sulfonamides is 1. The minimum Gasteiger partial charge on any atom is -0.382 e. The maximum Gasteiger partial charge on any atom is 0.278 e. The number of rotatable bonds is 9. The summed E-state index contributed by atoms with van der Waals surface area (Å²) in [7, 11) is -3.62. The zero-order valence-corrected chi connectivity index (χ0v) is 21.2. The average Bonchev–Trinajstić information content (AvgIpc) is 2.92. The molecule has 3 N–H and O–H groups in total. The molecule has 0 bridgehead atoms. The molecule has 0 unspecified atom stereocenters. The van der Waals surface area contributed by atoms with Crippen LogP contribution in [0, 0.1) is 12.3 Å². The van der Waals surface area contributed by atoms with Gasteiger partial charge < -0.3 is 16.0 Å². The van der Waals surface area contributed by atoms with E-state index in [0.717, 1.165) is 25.8 Å². The zero-order chi connectivity index (χ0) is 26.3. The molecule has 0 aliphatic carbocycles. The van der Waals surface area contributed by atoms with Gasteiger partial charge in [0.15, 0.2) is 11.5 Å². The highest BCUT2D eigenvalue weighted by Gasteiger charge is 2.28. The van der Waals surface area contributed by atoms with E-state index >= 15 is 0 Å². The van der Waals surface area contributed by atoms with E-state index < -0.39 is 15.9 Å². The van der Waals surface area contributed by atoms with Crippen LogP contribution in [0.1, 0.15) is 29.8 Å². The first-order valence-electron chi connectivity index (χ1n) is 12.0. The van der Waals surface area contributed by atoms with Gasteiger partial charge in [0, 0.05) is 44.4 Å². The van der Waals surface area contributed by atoms with Crippen molar-refractivity contribution < 1.29 is 13.2 Å². The summed E-state index contributed by atoms with van der Waals surface area (Å²) in [6.45, 7) is 3.20.